The van der Waals surface area contributed by atoms with Crippen LogP contribution in [-0.4, -0.2) is 34.0 Å². The van der Waals surface area contributed by atoms with Crippen LogP contribution in [0.3, 0.4) is 0 Å². The summed E-state index contributed by atoms with van der Waals surface area (Å²) in [6.45, 7) is 0. The van der Waals surface area contributed by atoms with Crippen molar-refractivity contribution >= 4 is 33.9 Å². The Morgan fingerprint density at radius 1 is 1.50 bits per heavy atom. The van der Waals surface area contributed by atoms with Crippen LogP contribution in [0.1, 0.15) is 5.56 Å². The van der Waals surface area contributed by atoms with E-state index in [1.807, 2.05) is 30.5 Å². The first kappa shape index (κ1) is 11.2. The van der Waals surface area contributed by atoms with Gasteiger partial charge >= 0.3 is 102 Å². The van der Waals surface area contributed by atoms with Gasteiger partial charge in [0, 0.05) is 0 Å². The third kappa shape index (κ3) is 2.13. The number of amides is 1. The van der Waals surface area contributed by atoms with E-state index < -0.39 is 0 Å². The molecule has 2 rings (SSSR count). The van der Waals surface area contributed by atoms with Crippen molar-refractivity contribution in [3.63, 3.8) is 0 Å². The molecule has 1 aromatic heterocycles. The quantitative estimate of drug-likeness (QED) is 0.700. The number of carbonyl (C=O) groups excluding carboxylic acids is 1. The van der Waals surface area contributed by atoms with Crippen molar-refractivity contribution < 1.29 is 4.79 Å². The van der Waals surface area contributed by atoms with Crippen molar-refractivity contribution in [2.24, 2.45) is 5.73 Å². The summed E-state index contributed by atoms with van der Waals surface area (Å²) in [5.74, 6) is -0.342. The summed E-state index contributed by atoms with van der Waals surface area (Å²) in [6, 6.07) is 7.65. The van der Waals surface area contributed by atoms with Crippen LogP contribution in [0.25, 0.3) is 10.9 Å². The zero-order chi connectivity index (χ0) is 11.5. The fraction of sp³-hybridized carbons (Fsp3) is 0.182. The molecular formula is C11H12AsN3O. The molecule has 1 aromatic carbocycles. The maximum absolute atomic E-state index is 11.1. The zero-order valence-corrected chi connectivity index (χ0v) is 10.5. The second-order valence-corrected chi connectivity index (χ2v) is 4.19. The standard InChI is InChI=1S/C11H12AsN3O/c12-15-10(11(13)16)5-7-6-14-9-4-2-1-3-8(7)9/h1-4,6,10,14-15H,5H2,(H2,13,16). The van der Waals surface area contributed by atoms with Crippen LogP contribution in [0.2, 0.25) is 0 Å². The third-order valence-electron chi connectivity index (χ3n) is 2.60. The summed E-state index contributed by atoms with van der Waals surface area (Å²) in [5, 5.41) is 1.14. The Bertz CT molecular complexity index is 509. The van der Waals surface area contributed by atoms with Crippen LogP contribution in [0, 0.1) is 0 Å². The SMILES string of the molecule is NC(=O)C(Cc1c[nH]c2ccccc12)N[As]. The second kappa shape index (κ2) is 4.72. The number of fused-ring (bicyclic) bond motifs is 1. The minimum atomic E-state index is -0.348. The van der Waals surface area contributed by atoms with Crippen LogP contribution in [-0.2, 0) is 11.2 Å². The van der Waals surface area contributed by atoms with Gasteiger partial charge < -0.3 is 0 Å². The monoisotopic (exact) mass is 277 g/mol. The van der Waals surface area contributed by atoms with Crippen molar-refractivity contribution in [2.45, 2.75) is 12.5 Å². The summed E-state index contributed by atoms with van der Waals surface area (Å²) in [7, 11) is 0. The van der Waals surface area contributed by atoms with E-state index in [0.29, 0.717) is 6.42 Å². The predicted octanol–water partition coefficient (Wildman–Crippen LogP) is 0.237. The number of aromatic nitrogens is 1. The molecule has 4 nitrogen and oxygen atoms in total. The number of rotatable bonds is 4. The summed E-state index contributed by atoms with van der Waals surface area (Å²) in [4.78, 5) is 14.3. The first-order valence-corrected chi connectivity index (χ1v) is 5.90. The Kier molecular flexibility index (Phi) is 3.32. The summed E-state index contributed by atoms with van der Waals surface area (Å²) in [5.41, 5.74) is 7.46. The maximum atomic E-state index is 11.1. The van der Waals surface area contributed by atoms with Gasteiger partial charge in [-0.3, -0.25) is 0 Å². The van der Waals surface area contributed by atoms with Crippen LogP contribution >= 0.6 is 0 Å². The fourth-order valence-electron chi connectivity index (χ4n) is 1.73. The average molecular weight is 277 g/mol. The van der Waals surface area contributed by atoms with E-state index in [4.69, 9.17) is 5.73 Å². The van der Waals surface area contributed by atoms with Gasteiger partial charge in [-0.25, -0.2) is 0 Å². The van der Waals surface area contributed by atoms with Crippen molar-refractivity contribution in [3.05, 3.63) is 36.0 Å². The van der Waals surface area contributed by atoms with E-state index in [-0.39, 0.29) is 11.9 Å². The molecule has 0 bridgehead atoms. The Labute approximate surface area is 102 Å². The zero-order valence-electron chi connectivity index (χ0n) is 8.60. The first-order chi connectivity index (χ1) is 7.72. The van der Waals surface area contributed by atoms with Crippen LogP contribution in [0.15, 0.2) is 30.5 Å². The number of aromatic amines is 1. The van der Waals surface area contributed by atoms with E-state index in [1.54, 1.807) is 0 Å². The number of para-hydroxylation sites is 1. The summed E-state index contributed by atoms with van der Waals surface area (Å²) in [6.07, 6.45) is 2.51. The normalized spacial score (nSPS) is 12.8. The molecule has 1 atom stereocenters. The van der Waals surface area contributed by atoms with Gasteiger partial charge in [-0.05, 0) is 0 Å². The molecule has 0 aliphatic rings. The molecule has 0 saturated heterocycles. The number of carbonyl (C=O) groups is 1. The Hall–Kier alpha value is -1.25. The van der Waals surface area contributed by atoms with E-state index in [0.717, 1.165) is 16.5 Å². The van der Waals surface area contributed by atoms with Gasteiger partial charge in [0.15, 0.2) is 0 Å². The molecule has 0 aliphatic heterocycles. The van der Waals surface area contributed by atoms with Crippen LogP contribution in [0.4, 0.5) is 0 Å². The molecule has 82 valence electrons. The van der Waals surface area contributed by atoms with E-state index in [9.17, 15) is 4.79 Å². The molecule has 5 heteroatoms. The van der Waals surface area contributed by atoms with Crippen molar-refractivity contribution in [1.29, 1.82) is 0 Å². The molecule has 1 heterocycles. The number of nitrogens with one attached hydrogen (secondary N) is 2. The molecular weight excluding hydrogens is 265 g/mol. The number of benzene rings is 1. The van der Waals surface area contributed by atoms with Gasteiger partial charge in [0.2, 0.25) is 0 Å². The second-order valence-electron chi connectivity index (χ2n) is 3.65. The van der Waals surface area contributed by atoms with Crippen LogP contribution in [0.5, 0.6) is 0 Å². The molecule has 2 aromatic rings. The van der Waals surface area contributed by atoms with Gasteiger partial charge in [-0.2, -0.15) is 0 Å². The first-order valence-electron chi connectivity index (χ1n) is 4.96. The molecule has 16 heavy (non-hydrogen) atoms. The topological polar surface area (TPSA) is 70.9 Å². The molecule has 0 aliphatic carbocycles. The van der Waals surface area contributed by atoms with E-state index in [2.05, 4.69) is 26.3 Å². The number of hydrogen-bond donors (Lipinski definition) is 3. The van der Waals surface area contributed by atoms with Gasteiger partial charge in [-0.15, -0.1) is 0 Å². The van der Waals surface area contributed by atoms with Gasteiger partial charge in [0.05, 0.1) is 0 Å². The van der Waals surface area contributed by atoms with Gasteiger partial charge in [0.25, 0.3) is 0 Å². The Morgan fingerprint density at radius 2 is 2.25 bits per heavy atom. The summed E-state index contributed by atoms with van der Waals surface area (Å²) >= 11 is 2.18. The third-order valence-corrected chi connectivity index (χ3v) is 3.25. The van der Waals surface area contributed by atoms with Gasteiger partial charge in [-0.1, -0.05) is 0 Å². The van der Waals surface area contributed by atoms with Gasteiger partial charge in [0.1, 0.15) is 0 Å². The number of nitrogens with two attached hydrogens (primary N) is 1. The molecule has 1 amide bonds. The van der Waals surface area contributed by atoms with E-state index >= 15 is 0 Å². The number of primary amides is 1. The molecule has 1 unspecified atom stereocenters. The average Bonchev–Trinajstić information content (AvgIpc) is 2.69. The Morgan fingerprint density at radius 3 is 2.94 bits per heavy atom. The van der Waals surface area contributed by atoms with Crippen LogP contribution < -0.4 is 9.97 Å². The Balaban J connectivity index is 2.30. The molecule has 0 fully saturated rings. The predicted molar refractivity (Wildman–Crippen MR) is 63.9 cm³/mol. The number of hydrogen-bond acceptors (Lipinski definition) is 2. The molecule has 0 spiro atoms. The summed E-state index contributed by atoms with van der Waals surface area (Å²) < 4.78 is 2.85. The fourth-order valence-corrected chi connectivity index (χ4v) is 2.19. The van der Waals surface area contributed by atoms with Crippen molar-refractivity contribution in [3.8, 4) is 0 Å². The van der Waals surface area contributed by atoms with E-state index in [1.165, 1.54) is 0 Å². The molecule has 4 N–H and O–H groups in total. The molecule has 0 saturated carbocycles. The molecule has 2 radical (unpaired) electrons. The van der Waals surface area contributed by atoms with Crippen molar-refractivity contribution in [2.75, 3.05) is 0 Å². The number of H-pyrrole nitrogens is 1. The van der Waals surface area contributed by atoms with Crippen molar-refractivity contribution in [1.82, 2.24) is 9.22 Å². The minimum absolute atomic E-state index is 0.342.